The number of hydrogen-bond acceptors (Lipinski definition) is 3. The summed E-state index contributed by atoms with van der Waals surface area (Å²) in [5, 5.41) is 7.67. The Labute approximate surface area is 109 Å². The lowest BCUT2D eigenvalue weighted by Crippen LogP contribution is -2.45. The van der Waals surface area contributed by atoms with E-state index in [1.54, 1.807) is 0 Å². The van der Waals surface area contributed by atoms with E-state index in [0.29, 0.717) is 6.04 Å². The molecule has 0 bridgehead atoms. The molecule has 18 heavy (non-hydrogen) atoms. The maximum absolute atomic E-state index is 7.67. The molecular weight excluding hydrogens is 224 g/mol. The first-order valence-corrected chi connectivity index (χ1v) is 6.44. The number of likely N-dealkylation sites (N-methyl/N-ethyl adjacent to an activating group) is 1. The molecule has 0 amide bonds. The number of benzene rings is 1. The summed E-state index contributed by atoms with van der Waals surface area (Å²) in [6.07, 6.45) is 2.43. The molecule has 1 aliphatic heterocycles. The number of nitrogens with zero attached hydrogens (tertiary/aromatic N) is 2. The summed E-state index contributed by atoms with van der Waals surface area (Å²) in [6, 6.07) is 8.53. The Morgan fingerprint density at radius 2 is 2.11 bits per heavy atom. The Balaban J connectivity index is 2.23. The predicted molar refractivity (Wildman–Crippen MR) is 76.4 cm³/mol. The maximum atomic E-state index is 7.67. The van der Waals surface area contributed by atoms with Crippen molar-refractivity contribution in [2.24, 2.45) is 5.73 Å². The number of nitrogens with two attached hydrogens (primary N) is 1. The van der Waals surface area contributed by atoms with Crippen LogP contribution in [-0.2, 0) is 0 Å². The Morgan fingerprint density at radius 3 is 2.78 bits per heavy atom. The molecule has 1 aromatic rings. The molecule has 3 N–H and O–H groups in total. The number of anilines is 1. The van der Waals surface area contributed by atoms with E-state index in [4.69, 9.17) is 11.1 Å². The zero-order valence-electron chi connectivity index (χ0n) is 11.2. The number of nitrogen functional groups attached to an aromatic ring is 1. The molecule has 0 spiro atoms. The van der Waals surface area contributed by atoms with E-state index in [-0.39, 0.29) is 5.84 Å². The van der Waals surface area contributed by atoms with Gasteiger partial charge in [0.2, 0.25) is 0 Å². The standard InChI is InChI=1S/C14H22N4/c1-17(2)11-6-5-9-18(10-11)13-8-4-3-7-12(13)14(15)16/h3-4,7-8,11H,5-6,9-10H2,1-2H3,(H3,15,16). The van der Waals surface area contributed by atoms with Crippen LogP contribution in [0.2, 0.25) is 0 Å². The molecule has 2 rings (SSSR count). The van der Waals surface area contributed by atoms with Crippen molar-refractivity contribution in [3.05, 3.63) is 29.8 Å². The fraction of sp³-hybridized carbons (Fsp3) is 0.500. The average molecular weight is 246 g/mol. The Morgan fingerprint density at radius 1 is 1.39 bits per heavy atom. The zero-order valence-corrected chi connectivity index (χ0v) is 11.2. The van der Waals surface area contributed by atoms with E-state index >= 15 is 0 Å². The lowest BCUT2D eigenvalue weighted by Gasteiger charge is -2.38. The van der Waals surface area contributed by atoms with E-state index in [2.05, 4.69) is 30.0 Å². The highest BCUT2D eigenvalue weighted by Gasteiger charge is 2.23. The molecule has 4 heteroatoms. The Hall–Kier alpha value is -1.55. The molecule has 1 aliphatic rings. The zero-order chi connectivity index (χ0) is 13.1. The Kier molecular flexibility index (Phi) is 3.87. The third kappa shape index (κ3) is 2.64. The van der Waals surface area contributed by atoms with E-state index in [0.717, 1.165) is 24.3 Å². The molecule has 1 atom stereocenters. The molecule has 0 saturated carbocycles. The van der Waals surface area contributed by atoms with Crippen molar-refractivity contribution >= 4 is 11.5 Å². The molecule has 0 aliphatic carbocycles. The van der Waals surface area contributed by atoms with Crippen molar-refractivity contribution in [1.82, 2.24) is 4.90 Å². The molecule has 98 valence electrons. The molecule has 1 saturated heterocycles. The third-order valence-corrected chi connectivity index (χ3v) is 3.66. The fourth-order valence-corrected chi connectivity index (χ4v) is 2.57. The first-order chi connectivity index (χ1) is 8.59. The number of para-hydroxylation sites is 1. The molecule has 1 unspecified atom stereocenters. The van der Waals surface area contributed by atoms with Gasteiger partial charge in [-0.1, -0.05) is 12.1 Å². The summed E-state index contributed by atoms with van der Waals surface area (Å²) in [5.41, 5.74) is 7.60. The first-order valence-electron chi connectivity index (χ1n) is 6.44. The monoisotopic (exact) mass is 246 g/mol. The minimum Gasteiger partial charge on any atom is -0.384 e. The number of piperidine rings is 1. The predicted octanol–water partition coefficient (Wildman–Crippen LogP) is 1.50. The van der Waals surface area contributed by atoms with Crippen molar-refractivity contribution < 1.29 is 0 Å². The van der Waals surface area contributed by atoms with Crippen LogP contribution in [-0.4, -0.2) is 44.0 Å². The van der Waals surface area contributed by atoms with Crippen molar-refractivity contribution in [3.8, 4) is 0 Å². The highest BCUT2D eigenvalue weighted by molar-refractivity contribution is 6.00. The van der Waals surface area contributed by atoms with Gasteiger partial charge in [0.05, 0.1) is 0 Å². The first kappa shape index (κ1) is 12.9. The second kappa shape index (κ2) is 5.40. The summed E-state index contributed by atoms with van der Waals surface area (Å²) < 4.78 is 0. The second-order valence-corrected chi connectivity index (χ2v) is 5.14. The number of hydrogen-bond donors (Lipinski definition) is 2. The van der Waals surface area contributed by atoms with Gasteiger partial charge in [-0.2, -0.15) is 0 Å². The van der Waals surface area contributed by atoms with Crippen LogP contribution in [0.3, 0.4) is 0 Å². The average Bonchev–Trinajstić information content (AvgIpc) is 2.39. The van der Waals surface area contributed by atoms with Crippen LogP contribution < -0.4 is 10.6 Å². The van der Waals surface area contributed by atoms with Gasteiger partial charge in [-0.05, 0) is 39.1 Å². The largest absolute Gasteiger partial charge is 0.384 e. The van der Waals surface area contributed by atoms with Crippen LogP contribution in [0.15, 0.2) is 24.3 Å². The van der Waals surface area contributed by atoms with Gasteiger partial charge in [0, 0.05) is 30.4 Å². The van der Waals surface area contributed by atoms with Crippen LogP contribution >= 0.6 is 0 Å². The van der Waals surface area contributed by atoms with Gasteiger partial charge in [0.15, 0.2) is 0 Å². The van der Waals surface area contributed by atoms with Crippen molar-refractivity contribution in [2.75, 3.05) is 32.1 Å². The van der Waals surface area contributed by atoms with Gasteiger partial charge in [0.1, 0.15) is 5.84 Å². The summed E-state index contributed by atoms with van der Waals surface area (Å²) in [5.74, 6) is 0.151. The highest BCUT2D eigenvalue weighted by atomic mass is 15.2. The third-order valence-electron chi connectivity index (χ3n) is 3.66. The molecule has 1 heterocycles. The molecule has 1 fully saturated rings. The van der Waals surface area contributed by atoms with Gasteiger partial charge < -0.3 is 15.5 Å². The van der Waals surface area contributed by atoms with Gasteiger partial charge in [0.25, 0.3) is 0 Å². The summed E-state index contributed by atoms with van der Waals surface area (Å²) in [6.45, 7) is 2.06. The highest BCUT2D eigenvalue weighted by Crippen LogP contribution is 2.24. The molecule has 1 aromatic carbocycles. The van der Waals surface area contributed by atoms with Crippen molar-refractivity contribution in [3.63, 3.8) is 0 Å². The van der Waals surface area contributed by atoms with E-state index < -0.39 is 0 Å². The SMILES string of the molecule is CN(C)C1CCCN(c2ccccc2C(=N)N)C1. The van der Waals surface area contributed by atoms with Gasteiger partial charge in [-0.3, -0.25) is 5.41 Å². The van der Waals surface area contributed by atoms with Gasteiger partial charge in [-0.25, -0.2) is 0 Å². The minimum absolute atomic E-state index is 0.151. The van der Waals surface area contributed by atoms with Crippen LogP contribution in [0.1, 0.15) is 18.4 Å². The van der Waals surface area contributed by atoms with Crippen molar-refractivity contribution in [2.45, 2.75) is 18.9 Å². The van der Waals surface area contributed by atoms with E-state index in [9.17, 15) is 0 Å². The summed E-state index contributed by atoms with van der Waals surface area (Å²) in [7, 11) is 4.26. The molecule has 0 radical (unpaired) electrons. The Bertz CT molecular complexity index is 428. The van der Waals surface area contributed by atoms with Crippen LogP contribution in [0.4, 0.5) is 5.69 Å². The number of rotatable bonds is 3. The van der Waals surface area contributed by atoms with Gasteiger partial charge in [-0.15, -0.1) is 0 Å². The molecule has 0 aromatic heterocycles. The quantitative estimate of drug-likeness (QED) is 0.628. The van der Waals surface area contributed by atoms with Crippen molar-refractivity contribution in [1.29, 1.82) is 5.41 Å². The minimum atomic E-state index is 0.151. The van der Waals surface area contributed by atoms with E-state index in [1.165, 1.54) is 12.8 Å². The fourth-order valence-electron chi connectivity index (χ4n) is 2.57. The van der Waals surface area contributed by atoms with E-state index in [1.807, 2.05) is 18.2 Å². The lowest BCUT2D eigenvalue weighted by molar-refractivity contribution is 0.258. The smallest absolute Gasteiger partial charge is 0.124 e. The normalized spacial score (nSPS) is 20.2. The van der Waals surface area contributed by atoms with Crippen LogP contribution in [0.5, 0.6) is 0 Å². The number of amidine groups is 1. The maximum Gasteiger partial charge on any atom is 0.124 e. The molecule has 4 nitrogen and oxygen atoms in total. The molecular formula is C14H22N4. The second-order valence-electron chi connectivity index (χ2n) is 5.14. The summed E-state index contributed by atoms with van der Waals surface area (Å²) >= 11 is 0. The van der Waals surface area contributed by atoms with Gasteiger partial charge >= 0.3 is 0 Å². The number of nitrogens with one attached hydrogen (secondary N) is 1. The summed E-state index contributed by atoms with van der Waals surface area (Å²) in [4.78, 5) is 4.63. The van der Waals surface area contributed by atoms with Crippen LogP contribution in [0.25, 0.3) is 0 Å². The lowest BCUT2D eigenvalue weighted by atomic mass is 10.0. The topological polar surface area (TPSA) is 56.4 Å². The van der Waals surface area contributed by atoms with Crippen LogP contribution in [0, 0.1) is 5.41 Å².